The van der Waals surface area contributed by atoms with Crippen molar-refractivity contribution < 1.29 is 14.2 Å². The quantitative estimate of drug-likeness (QED) is 0.196. The summed E-state index contributed by atoms with van der Waals surface area (Å²) >= 11 is 12.3. The summed E-state index contributed by atoms with van der Waals surface area (Å²) in [5, 5.41) is 13.1. The van der Waals surface area contributed by atoms with Crippen LogP contribution in [0, 0.1) is 11.3 Å². The second-order valence-corrected chi connectivity index (χ2v) is 8.31. The number of benzene rings is 4. The standard InChI is InChI=1S/C28H21Cl2NO3/c1-32-27-12-9-19(14-28(27)33-2)21(16-31)13-24-23-6-4-3-5-18(23)8-11-26(24)34-17-20-7-10-22(29)15-25(20)30/h3-15H,17H2,1-2H3/b21-13+. The number of ether oxygens (including phenoxy) is 3. The Morgan fingerprint density at radius 2 is 1.65 bits per heavy atom. The lowest BCUT2D eigenvalue weighted by molar-refractivity contribution is 0.306. The SMILES string of the molecule is COc1ccc(/C(C#N)=C/c2c(OCc3ccc(Cl)cc3Cl)ccc3ccccc23)cc1OC. The van der Waals surface area contributed by atoms with Gasteiger partial charge >= 0.3 is 0 Å². The molecule has 0 unspecified atom stereocenters. The molecule has 0 aliphatic carbocycles. The Morgan fingerprint density at radius 3 is 2.38 bits per heavy atom. The number of allylic oxidation sites excluding steroid dienone is 1. The lowest BCUT2D eigenvalue weighted by Crippen LogP contribution is -1.99. The molecule has 0 fully saturated rings. The molecule has 0 aliphatic heterocycles. The van der Waals surface area contributed by atoms with E-state index in [1.807, 2.05) is 54.6 Å². The van der Waals surface area contributed by atoms with E-state index in [0.29, 0.717) is 38.4 Å². The predicted octanol–water partition coefficient (Wildman–Crippen LogP) is 7.81. The molecule has 0 heterocycles. The molecule has 6 heteroatoms. The van der Waals surface area contributed by atoms with Gasteiger partial charge in [-0.1, -0.05) is 59.6 Å². The molecule has 4 nitrogen and oxygen atoms in total. The summed E-state index contributed by atoms with van der Waals surface area (Å²) in [6, 6.07) is 24.9. The highest BCUT2D eigenvalue weighted by molar-refractivity contribution is 6.35. The molecule has 4 aromatic rings. The molecule has 34 heavy (non-hydrogen) atoms. The largest absolute Gasteiger partial charge is 0.493 e. The van der Waals surface area contributed by atoms with Gasteiger partial charge in [-0.05, 0) is 58.8 Å². The molecule has 0 saturated carbocycles. The minimum Gasteiger partial charge on any atom is -0.493 e. The first-order valence-corrected chi connectivity index (χ1v) is 11.2. The Morgan fingerprint density at radius 1 is 0.882 bits per heavy atom. The van der Waals surface area contributed by atoms with Crippen molar-refractivity contribution in [2.24, 2.45) is 0 Å². The number of fused-ring (bicyclic) bond motifs is 1. The zero-order chi connectivity index (χ0) is 24.1. The smallest absolute Gasteiger partial charge is 0.161 e. The summed E-state index contributed by atoms with van der Waals surface area (Å²) in [5.41, 5.74) is 2.79. The van der Waals surface area contributed by atoms with E-state index in [0.717, 1.165) is 21.9 Å². The van der Waals surface area contributed by atoms with Gasteiger partial charge in [-0.2, -0.15) is 5.26 Å². The first-order valence-electron chi connectivity index (χ1n) is 10.5. The van der Waals surface area contributed by atoms with Gasteiger partial charge in [0, 0.05) is 21.2 Å². The van der Waals surface area contributed by atoms with E-state index in [2.05, 4.69) is 6.07 Å². The van der Waals surface area contributed by atoms with Crippen molar-refractivity contribution in [2.45, 2.75) is 6.61 Å². The molecule has 170 valence electrons. The van der Waals surface area contributed by atoms with Gasteiger partial charge in [-0.3, -0.25) is 0 Å². The first kappa shape index (κ1) is 23.5. The maximum atomic E-state index is 10.0. The lowest BCUT2D eigenvalue weighted by Gasteiger charge is -2.14. The van der Waals surface area contributed by atoms with Gasteiger partial charge in [0.1, 0.15) is 12.4 Å². The molecule has 0 atom stereocenters. The van der Waals surface area contributed by atoms with Gasteiger partial charge in [-0.25, -0.2) is 0 Å². The van der Waals surface area contributed by atoms with Crippen LogP contribution in [-0.2, 0) is 6.61 Å². The summed E-state index contributed by atoms with van der Waals surface area (Å²) in [5.74, 6) is 1.78. The highest BCUT2D eigenvalue weighted by Crippen LogP contribution is 2.35. The number of hydrogen-bond donors (Lipinski definition) is 0. The topological polar surface area (TPSA) is 51.5 Å². The highest BCUT2D eigenvalue weighted by atomic mass is 35.5. The van der Waals surface area contributed by atoms with Gasteiger partial charge in [-0.15, -0.1) is 0 Å². The van der Waals surface area contributed by atoms with Crippen LogP contribution in [0.25, 0.3) is 22.4 Å². The van der Waals surface area contributed by atoms with Crippen molar-refractivity contribution in [3.8, 4) is 23.3 Å². The molecule has 0 radical (unpaired) electrons. The van der Waals surface area contributed by atoms with Crippen molar-refractivity contribution in [1.29, 1.82) is 5.26 Å². The maximum Gasteiger partial charge on any atom is 0.161 e. The maximum absolute atomic E-state index is 10.0. The minimum absolute atomic E-state index is 0.257. The predicted molar refractivity (Wildman–Crippen MR) is 138 cm³/mol. The molecular formula is C28H21Cl2NO3. The number of halogens is 2. The highest BCUT2D eigenvalue weighted by Gasteiger charge is 2.13. The van der Waals surface area contributed by atoms with Crippen molar-refractivity contribution in [3.05, 3.63) is 99.5 Å². The third-order valence-electron chi connectivity index (χ3n) is 5.43. The number of methoxy groups -OCH3 is 2. The zero-order valence-corrected chi connectivity index (χ0v) is 20.2. The van der Waals surface area contributed by atoms with Crippen molar-refractivity contribution in [1.82, 2.24) is 0 Å². The average Bonchev–Trinajstić information content (AvgIpc) is 2.86. The second kappa shape index (κ2) is 10.5. The lowest BCUT2D eigenvalue weighted by atomic mass is 9.98. The van der Waals surface area contributed by atoms with Crippen LogP contribution in [-0.4, -0.2) is 14.2 Å². The normalized spacial score (nSPS) is 11.2. The van der Waals surface area contributed by atoms with Gasteiger partial charge in [0.15, 0.2) is 11.5 Å². The Hall–Kier alpha value is -3.65. The summed E-state index contributed by atoms with van der Waals surface area (Å²) in [4.78, 5) is 0. The number of hydrogen-bond acceptors (Lipinski definition) is 4. The van der Waals surface area contributed by atoms with Crippen molar-refractivity contribution in [2.75, 3.05) is 14.2 Å². The number of nitrogens with zero attached hydrogens (tertiary/aromatic N) is 1. The first-order chi connectivity index (χ1) is 16.5. The molecular weight excluding hydrogens is 469 g/mol. The van der Waals surface area contributed by atoms with Gasteiger partial charge in [0.05, 0.1) is 25.9 Å². The van der Waals surface area contributed by atoms with E-state index in [1.54, 1.807) is 38.5 Å². The third-order valence-corrected chi connectivity index (χ3v) is 6.02. The van der Waals surface area contributed by atoms with Crippen LogP contribution >= 0.6 is 23.2 Å². The summed E-state index contributed by atoms with van der Waals surface area (Å²) < 4.78 is 16.9. The fraction of sp³-hybridized carbons (Fsp3) is 0.107. The second-order valence-electron chi connectivity index (χ2n) is 7.46. The molecule has 0 aromatic heterocycles. The number of nitriles is 1. The number of rotatable bonds is 7. The molecule has 0 spiro atoms. The van der Waals surface area contributed by atoms with Crippen LogP contribution in [0.5, 0.6) is 17.2 Å². The Kier molecular flexibility index (Phi) is 7.27. The van der Waals surface area contributed by atoms with E-state index < -0.39 is 0 Å². The minimum atomic E-state index is 0.257. The third kappa shape index (κ3) is 4.97. The van der Waals surface area contributed by atoms with E-state index in [9.17, 15) is 5.26 Å². The molecule has 0 saturated heterocycles. The van der Waals surface area contributed by atoms with Crippen molar-refractivity contribution in [3.63, 3.8) is 0 Å². The van der Waals surface area contributed by atoms with E-state index in [1.165, 1.54) is 0 Å². The van der Waals surface area contributed by atoms with Gasteiger partial charge < -0.3 is 14.2 Å². The van der Waals surface area contributed by atoms with Crippen molar-refractivity contribution >= 4 is 45.6 Å². The van der Waals surface area contributed by atoms with Crippen LogP contribution in [0.3, 0.4) is 0 Å². The van der Waals surface area contributed by atoms with E-state index in [4.69, 9.17) is 37.4 Å². The van der Waals surface area contributed by atoms with Gasteiger partial charge in [0.25, 0.3) is 0 Å². The van der Waals surface area contributed by atoms with Crippen LogP contribution in [0.15, 0.2) is 72.8 Å². The Labute approximate surface area is 208 Å². The molecule has 0 bridgehead atoms. The Bertz CT molecular complexity index is 1420. The monoisotopic (exact) mass is 489 g/mol. The fourth-order valence-corrected chi connectivity index (χ4v) is 4.14. The van der Waals surface area contributed by atoms with Gasteiger partial charge in [0.2, 0.25) is 0 Å². The molecule has 0 aliphatic rings. The van der Waals surface area contributed by atoms with E-state index >= 15 is 0 Å². The molecule has 4 aromatic carbocycles. The molecule has 0 N–H and O–H groups in total. The molecule has 4 rings (SSSR count). The van der Waals surface area contributed by atoms with Crippen LogP contribution in [0.1, 0.15) is 16.7 Å². The van der Waals surface area contributed by atoms with Crippen LogP contribution in [0.4, 0.5) is 0 Å². The summed E-state index contributed by atoms with van der Waals surface area (Å²) in [6.07, 6.45) is 1.84. The van der Waals surface area contributed by atoms with E-state index in [-0.39, 0.29) is 6.61 Å². The fourth-order valence-electron chi connectivity index (χ4n) is 3.67. The van der Waals surface area contributed by atoms with Crippen LogP contribution in [0.2, 0.25) is 10.0 Å². The summed E-state index contributed by atoms with van der Waals surface area (Å²) in [7, 11) is 3.14. The zero-order valence-electron chi connectivity index (χ0n) is 18.6. The Balaban J connectivity index is 1.79. The average molecular weight is 490 g/mol. The summed E-state index contributed by atoms with van der Waals surface area (Å²) in [6.45, 7) is 0.257. The molecule has 0 amide bonds. The van der Waals surface area contributed by atoms with Crippen LogP contribution < -0.4 is 14.2 Å².